The van der Waals surface area contributed by atoms with Crippen LogP contribution >= 0.6 is 0 Å². The fraction of sp³-hybridized carbons (Fsp3) is 1.00. The van der Waals surface area contributed by atoms with E-state index in [0.717, 1.165) is 12.8 Å². The molecule has 0 bridgehead atoms. The second-order valence-corrected chi connectivity index (χ2v) is 4.56. The van der Waals surface area contributed by atoms with Crippen LogP contribution in [0.1, 0.15) is 19.8 Å². The number of likely N-dealkylation sites (N-methyl/N-ethyl adjacent to an activating group) is 1. The first-order chi connectivity index (χ1) is 7.07. The summed E-state index contributed by atoms with van der Waals surface area (Å²) in [4.78, 5) is 2.15. The lowest BCUT2D eigenvalue weighted by Gasteiger charge is -2.37. The van der Waals surface area contributed by atoms with E-state index in [1.165, 1.54) is 0 Å². The average molecular weight is 217 g/mol. The van der Waals surface area contributed by atoms with Crippen molar-refractivity contribution in [1.29, 1.82) is 0 Å². The molecule has 0 aromatic rings. The summed E-state index contributed by atoms with van der Waals surface area (Å²) < 4.78 is 10.4. The van der Waals surface area contributed by atoms with Gasteiger partial charge in [0.25, 0.3) is 0 Å². The zero-order valence-electron chi connectivity index (χ0n) is 10.0. The third-order valence-electron chi connectivity index (χ3n) is 3.13. The second kappa shape index (κ2) is 5.80. The van der Waals surface area contributed by atoms with Gasteiger partial charge in [0.05, 0.1) is 12.2 Å². The predicted octanol–water partition coefficient (Wildman–Crippen LogP) is 0.495. The molecule has 1 rings (SSSR count). The molecule has 4 nitrogen and oxygen atoms in total. The van der Waals surface area contributed by atoms with Crippen LogP contribution in [0.4, 0.5) is 0 Å². The maximum absolute atomic E-state index is 10.3. The molecule has 1 aliphatic heterocycles. The topological polar surface area (TPSA) is 41.9 Å². The van der Waals surface area contributed by atoms with Crippen molar-refractivity contribution in [3.05, 3.63) is 0 Å². The third-order valence-corrected chi connectivity index (χ3v) is 3.13. The van der Waals surface area contributed by atoms with Gasteiger partial charge in [-0.15, -0.1) is 0 Å². The van der Waals surface area contributed by atoms with Crippen molar-refractivity contribution in [1.82, 2.24) is 4.90 Å². The lowest BCUT2D eigenvalue weighted by molar-refractivity contribution is -0.0832. The van der Waals surface area contributed by atoms with Gasteiger partial charge in [-0.2, -0.15) is 0 Å². The van der Waals surface area contributed by atoms with Gasteiger partial charge >= 0.3 is 0 Å². The Kier molecular flexibility index (Phi) is 4.99. The third kappa shape index (κ3) is 4.07. The second-order valence-electron chi connectivity index (χ2n) is 4.56. The van der Waals surface area contributed by atoms with Crippen LogP contribution in [-0.2, 0) is 9.47 Å². The summed E-state index contributed by atoms with van der Waals surface area (Å²) in [5.41, 5.74) is -0.574. The molecule has 0 amide bonds. The van der Waals surface area contributed by atoms with Gasteiger partial charge in [-0.05, 0) is 14.0 Å². The lowest BCUT2D eigenvalue weighted by Crippen LogP contribution is -2.48. The smallest absolute Gasteiger partial charge is 0.0817 e. The molecule has 1 heterocycles. The molecule has 1 unspecified atom stereocenters. The van der Waals surface area contributed by atoms with Crippen LogP contribution < -0.4 is 0 Å². The number of aliphatic hydroxyl groups is 1. The Hall–Kier alpha value is -0.160. The molecule has 1 aliphatic rings. The van der Waals surface area contributed by atoms with Gasteiger partial charge in [0.15, 0.2) is 0 Å². The van der Waals surface area contributed by atoms with E-state index in [2.05, 4.69) is 11.8 Å². The average Bonchev–Trinajstić information content (AvgIpc) is 2.18. The molecular formula is C11H23NO3. The normalized spacial score (nSPS) is 23.0. The molecule has 90 valence electrons. The molecule has 0 radical (unpaired) electrons. The zero-order chi connectivity index (χ0) is 11.3. The predicted molar refractivity (Wildman–Crippen MR) is 59.0 cm³/mol. The van der Waals surface area contributed by atoms with E-state index in [0.29, 0.717) is 32.4 Å². The summed E-state index contributed by atoms with van der Waals surface area (Å²) in [6.45, 7) is 4.84. The number of hydrogen-bond donors (Lipinski definition) is 1. The van der Waals surface area contributed by atoms with Gasteiger partial charge in [0, 0.05) is 45.8 Å². The van der Waals surface area contributed by atoms with E-state index in [-0.39, 0.29) is 0 Å². The van der Waals surface area contributed by atoms with E-state index >= 15 is 0 Å². The Morgan fingerprint density at radius 2 is 2.07 bits per heavy atom. The van der Waals surface area contributed by atoms with E-state index in [1.54, 1.807) is 7.11 Å². The Morgan fingerprint density at radius 3 is 2.60 bits per heavy atom. The van der Waals surface area contributed by atoms with Crippen molar-refractivity contribution >= 4 is 0 Å². The highest BCUT2D eigenvalue weighted by atomic mass is 16.5. The summed E-state index contributed by atoms with van der Waals surface area (Å²) in [5.74, 6) is 0. The first-order valence-corrected chi connectivity index (χ1v) is 5.57. The van der Waals surface area contributed by atoms with Crippen LogP contribution in [0.15, 0.2) is 0 Å². The number of ether oxygens (including phenoxy) is 2. The number of methoxy groups -OCH3 is 1. The maximum atomic E-state index is 10.3. The highest BCUT2D eigenvalue weighted by molar-refractivity contribution is 4.85. The zero-order valence-corrected chi connectivity index (χ0v) is 10.0. The molecule has 4 heteroatoms. The summed E-state index contributed by atoms with van der Waals surface area (Å²) in [6, 6.07) is 0.335. The lowest BCUT2D eigenvalue weighted by atomic mass is 9.93. The Labute approximate surface area is 92.2 Å². The van der Waals surface area contributed by atoms with Crippen molar-refractivity contribution in [2.75, 3.05) is 40.5 Å². The Balaban J connectivity index is 2.37. The molecule has 0 aliphatic carbocycles. The summed E-state index contributed by atoms with van der Waals surface area (Å²) >= 11 is 0. The minimum atomic E-state index is -0.574. The molecular weight excluding hydrogens is 194 g/mol. The molecule has 0 saturated carbocycles. The Bertz CT molecular complexity index is 181. The van der Waals surface area contributed by atoms with Crippen LogP contribution in [0.2, 0.25) is 0 Å². The van der Waals surface area contributed by atoms with Crippen molar-refractivity contribution < 1.29 is 14.6 Å². The van der Waals surface area contributed by atoms with E-state index in [4.69, 9.17) is 9.47 Å². The van der Waals surface area contributed by atoms with Crippen molar-refractivity contribution in [2.24, 2.45) is 0 Å². The molecule has 0 spiro atoms. The van der Waals surface area contributed by atoms with Gasteiger partial charge in [-0.25, -0.2) is 0 Å². The summed E-state index contributed by atoms with van der Waals surface area (Å²) in [5, 5.41) is 10.3. The van der Waals surface area contributed by atoms with Crippen LogP contribution in [0.25, 0.3) is 0 Å². The van der Waals surface area contributed by atoms with Gasteiger partial charge in [0.2, 0.25) is 0 Å². The SMILES string of the molecule is COCC(C)N(C)CC1(O)CCOCC1. The van der Waals surface area contributed by atoms with Crippen LogP contribution in [0, 0.1) is 0 Å². The van der Waals surface area contributed by atoms with Crippen molar-refractivity contribution in [3.63, 3.8) is 0 Å². The maximum Gasteiger partial charge on any atom is 0.0817 e. The minimum Gasteiger partial charge on any atom is -0.388 e. The van der Waals surface area contributed by atoms with E-state index in [9.17, 15) is 5.11 Å². The fourth-order valence-corrected chi connectivity index (χ4v) is 1.90. The minimum absolute atomic E-state index is 0.335. The molecule has 1 atom stereocenters. The highest BCUT2D eigenvalue weighted by Gasteiger charge is 2.31. The van der Waals surface area contributed by atoms with Gasteiger partial charge in [-0.1, -0.05) is 0 Å². The first kappa shape index (κ1) is 12.9. The summed E-state index contributed by atoms with van der Waals surface area (Å²) in [6.07, 6.45) is 1.47. The largest absolute Gasteiger partial charge is 0.388 e. The summed E-state index contributed by atoms with van der Waals surface area (Å²) in [7, 11) is 3.73. The van der Waals surface area contributed by atoms with Gasteiger partial charge < -0.3 is 14.6 Å². The Morgan fingerprint density at radius 1 is 1.47 bits per heavy atom. The molecule has 0 aromatic heterocycles. The highest BCUT2D eigenvalue weighted by Crippen LogP contribution is 2.21. The van der Waals surface area contributed by atoms with Crippen molar-refractivity contribution in [3.8, 4) is 0 Å². The standard InChI is InChI=1S/C11H23NO3/c1-10(8-14-3)12(2)9-11(13)4-6-15-7-5-11/h10,13H,4-9H2,1-3H3. The fourth-order valence-electron chi connectivity index (χ4n) is 1.90. The monoisotopic (exact) mass is 217 g/mol. The van der Waals surface area contributed by atoms with Gasteiger partial charge in [0.1, 0.15) is 0 Å². The molecule has 1 saturated heterocycles. The van der Waals surface area contributed by atoms with E-state index < -0.39 is 5.60 Å². The van der Waals surface area contributed by atoms with Crippen LogP contribution in [0.5, 0.6) is 0 Å². The van der Waals surface area contributed by atoms with Crippen molar-refractivity contribution in [2.45, 2.75) is 31.4 Å². The molecule has 1 N–H and O–H groups in total. The number of nitrogens with zero attached hydrogens (tertiary/aromatic N) is 1. The molecule has 1 fully saturated rings. The molecule has 0 aromatic carbocycles. The quantitative estimate of drug-likeness (QED) is 0.728. The number of hydrogen-bond acceptors (Lipinski definition) is 4. The number of rotatable bonds is 5. The van der Waals surface area contributed by atoms with Crippen LogP contribution in [0.3, 0.4) is 0 Å². The van der Waals surface area contributed by atoms with Gasteiger partial charge in [-0.3, -0.25) is 4.90 Å². The first-order valence-electron chi connectivity index (χ1n) is 5.57. The molecule has 15 heavy (non-hydrogen) atoms. The van der Waals surface area contributed by atoms with Crippen LogP contribution in [-0.4, -0.2) is 62.2 Å². The van der Waals surface area contributed by atoms with E-state index in [1.807, 2.05) is 7.05 Å².